The van der Waals surface area contributed by atoms with Crippen molar-refractivity contribution in [1.29, 1.82) is 0 Å². The standard InChI is InChI=1S/C8H11NO8/c10-5-2-1-4(3-6(5)11)7(12,13)8(14,15)9(16)17/h1-3,10-17H. The number of phenolic OH excluding ortho intramolecular Hbond substituents is 2. The monoisotopic (exact) mass is 249 g/mol. The summed E-state index contributed by atoms with van der Waals surface area (Å²) in [6.45, 7) is 0. The van der Waals surface area contributed by atoms with Crippen molar-refractivity contribution in [2.75, 3.05) is 0 Å². The first-order valence-electron chi connectivity index (χ1n) is 4.20. The smallest absolute Gasteiger partial charge is 0.332 e. The number of hydrogen-bond acceptors (Lipinski definition) is 9. The van der Waals surface area contributed by atoms with Crippen molar-refractivity contribution in [1.82, 2.24) is 5.23 Å². The van der Waals surface area contributed by atoms with Crippen LogP contribution in [-0.4, -0.2) is 52.2 Å². The van der Waals surface area contributed by atoms with Gasteiger partial charge in [-0.25, -0.2) is 0 Å². The molecule has 0 radical (unpaired) electrons. The van der Waals surface area contributed by atoms with Crippen LogP contribution in [0, 0.1) is 0 Å². The van der Waals surface area contributed by atoms with Gasteiger partial charge in [0, 0.05) is 5.56 Å². The molecule has 0 aliphatic carbocycles. The van der Waals surface area contributed by atoms with E-state index < -0.39 is 34.0 Å². The van der Waals surface area contributed by atoms with Gasteiger partial charge in [0.15, 0.2) is 11.5 Å². The topological polar surface area (TPSA) is 165 Å². The number of benzene rings is 1. The summed E-state index contributed by atoms with van der Waals surface area (Å²) in [6.07, 6.45) is 0. The summed E-state index contributed by atoms with van der Waals surface area (Å²) in [4.78, 5) is 0. The Bertz CT molecular complexity index is 416. The third-order valence-electron chi connectivity index (χ3n) is 2.12. The van der Waals surface area contributed by atoms with Crippen molar-refractivity contribution >= 4 is 0 Å². The summed E-state index contributed by atoms with van der Waals surface area (Å²) < 4.78 is 0. The number of hydrogen-bond donors (Lipinski definition) is 8. The molecular weight excluding hydrogens is 238 g/mol. The van der Waals surface area contributed by atoms with Gasteiger partial charge in [0.25, 0.3) is 5.79 Å². The Morgan fingerprint density at radius 3 is 1.82 bits per heavy atom. The molecule has 0 aliphatic heterocycles. The molecule has 1 aromatic carbocycles. The largest absolute Gasteiger partial charge is 0.504 e. The van der Waals surface area contributed by atoms with Crippen LogP contribution in [0.15, 0.2) is 18.2 Å². The summed E-state index contributed by atoms with van der Waals surface area (Å²) in [5, 5.41) is 70.7. The van der Waals surface area contributed by atoms with Gasteiger partial charge in [0.2, 0.25) is 0 Å². The molecule has 9 heteroatoms. The SMILES string of the molecule is Oc1ccc(C(O)(O)C(O)(O)N(O)O)cc1O. The number of aliphatic hydroxyl groups is 4. The van der Waals surface area contributed by atoms with Gasteiger partial charge >= 0.3 is 5.91 Å². The molecule has 0 aliphatic rings. The molecule has 1 aromatic rings. The molecule has 0 spiro atoms. The predicted molar refractivity (Wildman–Crippen MR) is 48.5 cm³/mol. The molecular formula is C8H11NO8. The van der Waals surface area contributed by atoms with Crippen LogP contribution in [0.1, 0.15) is 5.56 Å². The zero-order valence-corrected chi connectivity index (χ0v) is 8.26. The lowest BCUT2D eigenvalue weighted by Gasteiger charge is -2.36. The van der Waals surface area contributed by atoms with Crippen LogP contribution in [0.5, 0.6) is 11.5 Å². The summed E-state index contributed by atoms with van der Waals surface area (Å²) in [5.74, 6) is -8.75. The molecule has 0 atom stereocenters. The Hall–Kier alpha value is -1.46. The maximum absolute atomic E-state index is 9.40. The Balaban J connectivity index is 3.25. The fourth-order valence-corrected chi connectivity index (χ4v) is 1.07. The van der Waals surface area contributed by atoms with Gasteiger partial charge in [-0.2, -0.15) is 0 Å². The van der Waals surface area contributed by atoms with Crippen molar-refractivity contribution in [3.05, 3.63) is 23.8 Å². The average molecular weight is 249 g/mol. The minimum atomic E-state index is -3.85. The van der Waals surface area contributed by atoms with E-state index in [4.69, 9.17) is 30.8 Å². The molecule has 17 heavy (non-hydrogen) atoms. The molecule has 9 nitrogen and oxygen atoms in total. The number of phenols is 2. The highest BCUT2D eigenvalue weighted by Gasteiger charge is 2.54. The van der Waals surface area contributed by atoms with E-state index in [2.05, 4.69) is 0 Å². The molecule has 0 amide bonds. The lowest BCUT2D eigenvalue weighted by Crippen LogP contribution is -2.61. The van der Waals surface area contributed by atoms with Crippen LogP contribution in [0.3, 0.4) is 0 Å². The number of nitrogens with zero attached hydrogens (tertiary/aromatic N) is 1. The Labute approximate surface area is 94.2 Å². The zero-order chi connectivity index (χ0) is 13.4. The normalized spacial score (nSPS) is 13.1. The van der Waals surface area contributed by atoms with Crippen molar-refractivity contribution in [3.8, 4) is 11.5 Å². The van der Waals surface area contributed by atoms with Gasteiger partial charge in [-0.15, -0.1) is 0 Å². The summed E-state index contributed by atoms with van der Waals surface area (Å²) >= 11 is 0. The summed E-state index contributed by atoms with van der Waals surface area (Å²) in [6, 6.07) is 2.25. The van der Waals surface area contributed by atoms with Gasteiger partial charge < -0.3 is 30.6 Å². The van der Waals surface area contributed by atoms with Crippen LogP contribution in [-0.2, 0) is 5.79 Å². The average Bonchev–Trinajstić information content (AvgIpc) is 2.21. The van der Waals surface area contributed by atoms with Gasteiger partial charge in [-0.05, 0) is 23.4 Å². The van der Waals surface area contributed by atoms with Crippen molar-refractivity contribution in [2.45, 2.75) is 11.7 Å². The third kappa shape index (κ3) is 2.16. The lowest BCUT2D eigenvalue weighted by atomic mass is 10.0. The second kappa shape index (κ2) is 4.09. The minimum absolute atomic E-state index is 0.587. The highest BCUT2D eigenvalue weighted by Crippen LogP contribution is 2.34. The minimum Gasteiger partial charge on any atom is -0.504 e. The Kier molecular flexibility index (Phi) is 3.27. The number of rotatable bonds is 3. The number of hydroxylamine groups is 2. The first-order valence-corrected chi connectivity index (χ1v) is 4.20. The van der Waals surface area contributed by atoms with Gasteiger partial charge in [0.05, 0.1) is 0 Å². The van der Waals surface area contributed by atoms with Gasteiger partial charge in [0.1, 0.15) is 0 Å². The molecule has 0 fully saturated rings. The molecule has 0 saturated carbocycles. The van der Waals surface area contributed by atoms with E-state index in [1.54, 1.807) is 0 Å². The third-order valence-corrected chi connectivity index (χ3v) is 2.12. The molecule has 96 valence electrons. The molecule has 0 aromatic heterocycles. The van der Waals surface area contributed by atoms with Crippen molar-refractivity contribution in [3.63, 3.8) is 0 Å². The lowest BCUT2D eigenvalue weighted by molar-refractivity contribution is -0.542. The molecule has 8 N–H and O–H groups in total. The summed E-state index contributed by atoms with van der Waals surface area (Å²) in [5.41, 5.74) is -0.703. The number of aromatic hydroxyl groups is 2. The van der Waals surface area contributed by atoms with E-state index in [0.717, 1.165) is 12.1 Å². The van der Waals surface area contributed by atoms with Crippen molar-refractivity contribution in [2.24, 2.45) is 0 Å². The fourth-order valence-electron chi connectivity index (χ4n) is 1.07. The molecule has 0 saturated heterocycles. The predicted octanol–water partition coefficient (Wildman–Crippen LogP) is -2.05. The van der Waals surface area contributed by atoms with Crippen LogP contribution in [0.4, 0.5) is 0 Å². The van der Waals surface area contributed by atoms with E-state index in [1.807, 2.05) is 0 Å². The highest BCUT2D eigenvalue weighted by atomic mass is 16.9. The van der Waals surface area contributed by atoms with E-state index in [0.29, 0.717) is 6.07 Å². The zero-order valence-electron chi connectivity index (χ0n) is 8.26. The van der Waals surface area contributed by atoms with Crippen LogP contribution >= 0.6 is 0 Å². The van der Waals surface area contributed by atoms with E-state index in [-0.39, 0.29) is 0 Å². The maximum Gasteiger partial charge on any atom is 0.332 e. The first-order chi connectivity index (χ1) is 7.60. The maximum atomic E-state index is 9.40. The van der Waals surface area contributed by atoms with Crippen molar-refractivity contribution < 1.29 is 41.1 Å². The summed E-state index contributed by atoms with van der Waals surface area (Å²) in [7, 11) is 0. The second-order valence-electron chi connectivity index (χ2n) is 3.30. The fraction of sp³-hybridized carbons (Fsp3) is 0.250. The van der Waals surface area contributed by atoms with Crippen LogP contribution in [0.2, 0.25) is 0 Å². The van der Waals surface area contributed by atoms with E-state index in [1.165, 1.54) is 0 Å². The van der Waals surface area contributed by atoms with Crippen LogP contribution in [0.25, 0.3) is 0 Å². The first kappa shape index (κ1) is 13.6. The van der Waals surface area contributed by atoms with Crippen LogP contribution < -0.4 is 0 Å². The van der Waals surface area contributed by atoms with E-state index >= 15 is 0 Å². The molecule has 0 unspecified atom stereocenters. The Morgan fingerprint density at radius 1 is 0.882 bits per heavy atom. The van der Waals surface area contributed by atoms with E-state index in [9.17, 15) is 10.2 Å². The highest BCUT2D eigenvalue weighted by molar-refractivity contribution is 5.42. The quantitative estimate of drug-likeness (QED) is 0.171. The molecule has 0 bridgehead atoms. The molecule has 1 rings (SSSR count). The van der Waals surface area contributed by atoms with Gasteiger partial charge in [-0.3, -0.25) is 10.4 Å². The van der Waals surface area contributed by atoms with Gasteiger partial charge in [-0.1, -0.05) is 0 Å². The molecule has 0 heterocycles. The second-order valence-corrected chi connectivity index (χ2v) is 3.30. The Morgan fingerprint density at radius 2 is 1.41 bits per heavy atom.